The number of benzene rings is 1. The predicted molar refractivity (Wildman–Crippen MR) is 86.8 cm³/mol. The van der Waals surface area contributed by atoms with Gasteiger partial charge in [0.1, 0.15) is 5.01 Å². The second kappa shape index (κ2) is 6.16. The molecule has 0 aliphatic carbocycles. The van der Waals surface area contributed by atoms with Crippen LogP contribution in [-0.4, -0.2) is 11.5 Å². The lowest BCUT2D eigenvalue weighted by Crippen LogP contribution is -2.04. The maximum atomic E-state index is 5.66. The number of nitrogens with two attached hydrogens (primary N) is 1. The van der Waals surface area contributed by atoms with Crippen LogP contribution in [0.2, 0.25) is 0 Å². The Kier molecular flexibility index (Phi) is 4.76. The summed E-state index contributed by atoms with van der Waals surface area (Å²) >= 11 is 5.33. The first-order valence-corrected chi connectivity index (χ1v) is 8.07. The van der Waals surface area contributed by atoms with Crippen molar-refractivity contribution >= 4 is 27.3 Å². The Balaban J connectivity index is 2.41. The molecule has 19 heavy (non-hydrogen) atoms. The molecule has 2 nitrogen and oxygen atoms in total. The van der Waals surface area contributed by atoms with E-state index >= 15 is 0 Å². The summed E-state index contributed by atoms with van der Waals surface area (Å²) in [4.78, 5) is 6.10. The number of aromatic nitrogens is 1. The van der Waals surface area contributed by atoms with Gasteiger partial charge in [0, 0.05) is 14.9 Å². The summed E-state index contributed by atoms with van der Waals surface area (Å²) in [5, 5.41) is 1.11. The average Bonchev–Trinajstić information content (AvgIpc) is 2.74. The van der Waals surface area contributed by atoms with Gasteiger partial charge in [0.15, 0.2) is 0 Å². The van der Waals surface area contributed by atoms with Crippen LogP contribution >= 0.6 is 27.3 Å². The number of hydrogen-bond donors (Lipinski definition) is 1. The van der Waals surface area contributed by atoms with E-state index < -0.39 is 0 Å². The van der Waals surface area contributed by atoms with E-state index in [0.717, 1.165) is 28.1 Å². The molecule has 2 N–H and O–H groups in total. The summed E-state index contributed by atoms with van der Waals surface area (Å²) < 4.78 is 1.09. The molecule has 0 aliphatic heterocycles. The monoisotopic (exact) mass is 338 g/mol. The lowest BCUT2D eigenvalue weighted by molar-refractivity contribution is 0.696. The van der Waals surface area contributed by atoms with E-state index in [4.69, 9.17) is 10.7 Å². The van der Waals surface area contributed by atoms with Gasteiger partial charge in [0.05, 0.1) is 5.69 Å². The Morgan fingerprint density at radius 1 is 1.37 bits per heavy atom. The molecule has 0 amide bonds. The minimum Gasteiger partial charge on any atom is -0.330 e. The molecule has 1 atom stereocenters. The van der Waals surface area contributed by atoms with Gasteiger partial charge in [-0.15, -0.1) is 11.3 Å². The van der Waals surface area contributed by atoms with E-state index in [2.05, 4.69) is 54.9 Å². The lowest BCUT2D eigenvalue weighted by atomic mass is 10.1. The molecule has 0 saturated heterocycles. The van der Waals surface area contributed by atoms with Crippen LogP contribution in [0.25, 0.3) is 10.6 Å². The van der Waals surface area contributed by atoms with E-state index in [1.807, 2.05) is 0 Å². The molecular formula is C15H19BrN2S. The quantitative estimate of drug-likeness (QED) is 0.881. The number of rotatable bonds is 4. The molecule has 4 heteroatoms. The standard InChI is InChI=1S/C15H19BrN2S/c1-9-4-5-12(16)8-13(9)15-18-11(3)14(19-15)10(2)6-7-17/h4-5,8,10H,6-7,17H2,1-3H3. The SMILES string of the molecule is Cc1ccc(Br)cc1-c1nc(C)c(C(C)CCN)s1. The molecule has 2 rings (SSSR count). The van der Waals surface area contributed by atoms with E-state index in [-0.39, 0.29) is 0 Å². The molecule has 1 aromatic heterocycles. The van der Waals surface area contributed by atoms with Crippen LogP contribution in [0.4, 0.5) is 0 Å². The Bertz CT molecular complexity index is 578. The van der Waals surface area contributed by atoms with E-state index in [1.54, 1.807) is 11.3 Å². The van der Waals surface area contributed by atoms with Crippen molar-refractivity contribution in [1.82, 2.24) is 4.98 Å². The van der Waals surface area contributed by atoms with Gasteiger partial charge in [-0.1, -0.05) is 28.9 Å². The highest BCUT2D eigenvalue weighted by molar-refractivity contribution is 9.10. The van der Waals surface area contributed by atoms with Crippen molar-refractivity contribution in [3.8, 4) is 10.6 Å². The molecule has 2 aromatic rings. The fourth-order valence-corrected chi connectivity index (χ4v) is 3.78. The third kappa shape index (κ3) is 3.25. The van der Waals surface area contributed by atoms with Crippen LogP contribution < -0.4 is 5.73 Å². The third-order valence-corrected chi connectivity index (χ3v) is 5.23. The summed E-state index contributed by atoms with van der Waals surface area (Å²) in [6.07, 6.45) is 1.01. The topological polar surface area (TPSA) is 38.9 Å². The predicted octanol–water partition coefficient (Wildman–Crippen LogP) is 4.64. The first-order chi connectivity index (χ1) is 9.02. The van der Waals surface area contributed by atoms with Crippen molar-refractivity contribution in [3.05, 3.63) is 38.8 Å². The van der Waals surface area contributed by atoms with Crippen LogP contribution in [-0.2, 0) is 0 Å². The number of halogens is 1. The van der Waals surface area contributed by atoms with Crippen molar-refractivity contribution < 1.29 is 0 Å². The number of aryl methyl sites for hydroxylation is 2. The van der Waals surface area contributed by atoms with Crippen LogP contribution in [0.1, 0.15) is 35.4 Å². The highest BCUT2D eigenvalue weighted by Crippen LogP contribution is 2.36. The van der Waals surface area contributed by atoms with Crippen LogP contribution in [0.15, 0.2) is 22.7 Å². The van der Waals surface area contributed by atoms with Gasteiger partial charge >= 0.3 is 0 Å². The second-order valence-electron chi connectivity index (χ2n) is 4.91. The maximum absolute atomic E-state index is 5.66. The van der Waals surface area contributed by atoms with Crippen molar-refractivity contribution in [2.24, 2.45) is 5.73 Å². The molecule has 1 heterocycles. The molecule has 0 aliphatic rings. The minimum absolute atomic E-state index is 0.490. The lowest BCUT2D eigenvalue weighted by Gasteiger charge is -2.07. The molecular weight excluding hydrogens is 320 g/mol. The van der Waals surface area contributed by atoms with E-state index in [0.29, 0.717) is 5.92 Å². The number of nitrogens with zero attached hydrogens (tertiary/aromatic N) is 1. The van der Waals surface area contributed by atoms with Gasteiger partial charge in [0.2, 0.25) is 0 Å². The summed E-state index contributed by atoms with van der Waals surface area (Å²) in [5.74, 6) is 0.490. The van der Waals surface area contributed by atoms with Crippen LogP contribution in [0, 0.1) is 13.8 Å². The first kappa shape index (κ1) is 14.7. The van der Waals surface area contributed by atoms with Gasteiger partial charge in [0.25, 0.3) is 0 Å². The first-order valence-electron chi connectivity index (χ1n) is 6.46. The summed E-state index contributed by atoms with van der Waals surface area (Å²) in [6, 6.07) is 6.33. The molecule has 0 radical (unpaired) electrons. The summed E-state index contributed by atoms with van der Waals surface area (Å²) in [5.41, 5.74) is 9.27. The highest BCUT2D eigenvalue weighted by atomic mass is 79.9. The Labute approximate surface area is 127 Å². The van der Waals surface area contributed by atoms with E-state index in [9.17, 15) is 0 Å². The number of hydrogen-bond acceptors (Lipinski definition) is 3. The molecule has 0 bridgehead atoms. The van der Waals surface area contributed by atoms with E-state index in [1.165, 1.54) is 16.0 Å². The molecule has 102 valence electrons. The normalized spacial score (nSPS) is 12.7. The Morgan fingerprint density at radius 3 is 2.79 bits per heavy atom. The summed E-state index contributed by atoms with van der Waals surface area (Å²) in [7, 11) is 0. The van der Waals surface area contributed by atoms with Gasteiger partial charge in [-0.2, -0.15) is 0 Å². The fraction of sp³-hybridized carbons (Fsp3) is 0.400. The molecule has 1 unspecified atom stereocenters. The highest BCUT2D eigenvalue weighted by Gasteiger charge is 2.15. The maximum Gasteiger partial charge on any atom is 0.124 e. The van der Waals surface area contributed by atoms with Gasteiger partial charge in [-0.05, 0) is 50.4 Å². The largest absolute Gasteiger partial charge is 0.330 e. The smallest absolute Gasteiger partial charge is 0.124 e. The van der Waals surface area contributed by atoms with Crippen molar-refractivity contribution in [2.45, 2.75) is 33.1 Å². The second-order valence-corrected chi connectivity index (χ2v) is 6.85. The summed E-state index contributed by atoms with van der Waals surface area (Å²) in [6.45, 7) is 7.17. The number of thiazole rings is 1. The van der Waals surface area contributed by atoms with Crippen LogP contribution in [0.5, 0.6) is 0 Å². The Hall–Kier alpha value is -0.710. The van der Waals surface area contributed by atoms with Crippen molar-refractivity contribution in [1.29, 1.82) is 0 Å². The van der Waals surface area contributed by atoms with Gasteiger partial charge < -0.3 is 5.73 Å². The zero-order chi connectivity index (χ0) is 14.0. The molecule has 0 fully saturated rings. The third-order valence-electron chi connectivity index (χ3n) is 3.31. The molecule has 1 aromatic carbocycles. The zero-order valence-electron chi connectivity index (χ0n) is 11.5. The van der Waals surface area contributed by atoms with Crippen molar-refractivity contribution in [3.63, 3.8) is 0 Å². The average molecular weight is 339 g/mol. The minimum atomic E-state index is 0.490. The van der Waals surface area contributed by atoms with Crippen molar-refractivity contribution in [2.75, 3.05) is 6.54 Å². The van der Waals surface area contributed by atoms with Crippen LogP contribution in [0.3, 0.4) is 0 Å². The zero-order valence-corrected chi connectivity index (χ0v) is 13.9. The fourth-order valence-electron chi connectivity index (χ4n) is 2.19. The van der Waals surface area contributed by atoms with Gasteiger partial charge in [-0.3, -0.25) is 0 Å². The van der Waals surface area contributed by atoms with Gasteiger partial charge in [-0.25, -0.2) is 4.98 Å². The molecule has 0 saturated carbocycles. The Morgan fingerprint density at radius 2 is 2.11 bits per heavy atom. The molecule has 0 spiro atoms.